The smallest absolute Gasteiger partial charge is 0.288 e. The Morgan fingerprint density at radius 1 is 1.40 bits per heavy atom. The summed E-state index contributed by atoms with van der Waals surface area (Å²) in [6.45, 7) is 2.58. The highest BCUT2D eigenvalue weighted by atomic mass is 16.5. The van der Waals surface area contributed by atoms with Gasteiger partial charge in [0.1, 0.15) is 0 Å². The molecule has 2 aromatic rings. The van der Waals surface area contributed by atoms with Gasteiger partial charge >= 0.3 is 0 Å². The van der Waals surface area contributed by atoms with Crippen LogP contribution in [0.25, 0.3) is 10.8 Å². The summed E-state index contributed by atoms with van der Waals surface area (Å²) < 4.78 is 5.42. The molecule has 1 aromatic heterocycles. The van der Waals surface area contributed by atoms with Gasteiger partial charge in [0.25, 0.3) is 5.88 Å². The van der Waals surface area contributed by atoms with Crippen LogP contribution in [-0.2, 0) is 0 Å². The molecule has 0 spiro atoms. The number of rotatable bonds is 3. The fourth-order valence-electron chi connectivity index (χ4n) is 1.40. The summed E-state index contributed by atoms with van der Waals surface area (Å²) in [5.41, 5.74) is 0. The van der Waals surface area contributed by atoms with Crippen LogP contribution in [0.4, 0.5) is 0 Å². The lowest BCUT2D eigenvalue weighted by molar-refractivity contribution is -0.668. The third-order valence-electron chi connectivity index (χ3n) is 2.07. The third kappa shape index (κ3) is 1.98. The maximum atomic E-state index is 11.2. The number of fused-ring (bicyclic) bond motifs is 1. The van der Waals surface area contributed by atoms with E-state index in [1.165, 1.54) is 6.20 Å². The molecule has 2 rings (SSSR count). The van der Waals surface area contributed by atoms with E-state index in [0.717, 1.165) is 17.2 Å². The highest BCUT2D eigenvalue weighted by Crippen LogP contribution is 2.20. The molecule has 0 fully saturated rings. The Morgan fingerprint density at radius 3 is 3.00 bits per heavy atom. The minimum atomic E-state index is 0.407. The van der Waals surface area contributed by atoms with Crippen LogP contribution in [0.1, 0.15) is 13.3 Å². The number of benzene rings is 1. The largest absolute Gasteiger partial charge is 0.594 e. The van der Waals surface area contributed by atoms with Gasteiger partial charge in [0, 0.05) is 0 Å². The van der Waals surface area contributed by atoms with Crippen LogP contribution >= 0.6 is 0 Å². The van der Waals surface area contributed by atoms with Crippen molar-refractivity contribution in [2.45, 2.75) is 13.3 Å². The molecule has 0 radical (unpaired) electrons. The predicted octanol–water partition coefficient (Wildman–Crippen LogP) is 1.66. The summed E-state index contributed by atoms with van der Waals surface area (Å²) >= 11 is 0. The fraction of sp³-hybridized carbons (Fsp3) is 0.273. The molecule has 0 aliphatic carbocycles. The van der Waals surface area contributed by atoms with Gasteiger partial charge in [0.15, 0.2) is 0 Å². The molecule has 78 valence electrons. The summed E-state index contributed by atoms with van der Waals surface area (Å²) in [6, 6.07) is 7.54. The average Bonchev–Trinajstić information content (AvgIpc) is 2.25. The van der Waals surface area contributed by atoms with E-state index in [4.69, 9.17) is 4.74 Å². The number of aromatic nitrogens is 2. The van der Waals surface area contributed by atoms with Crippen LogP contribution in [0, 0.1) is 5.21 Å². The first-order valence-corrected chi connectivity index (χ1v) is 4.93. The van der Waals surface area contributed by atoms with Gasteiger partial charge in [-0.1, -0.05) is 23.9 Å². The number of hydrogen-bond donors (Lipinski definition) is 0. The van der Waals surface area contributed by atoms with Crippen molar-refractivity contribution in [1.82, 2.24) is 5.10 Å². The minimum absolute atomic E-state index is 0.407. The lowest BCUT2D eigenvalue weighted by Crippen LogP contribution is -2.30. The zero-order chi connectivity index (χ0) is 10.7. The molecule has 0 bridgehead atoms. The monoisotopic (exact) mass is 204 g/mol. The molecule has 4 heteroatoms. The molecule has 1 heterocycles. The molecule has 1 aromatic carbocycles. The van der Waals surface area contributed by atoms with Crippen LogP contribution < -0.4 is 9.58 Å². The van der Waals surface area contributed by atoms with Crippen LogP contribution in [-0.4, -0.2) is 11.7 Å². The van der Waals surface area contributed by atoms with Crippen molar-refractivity contribution in [3.63, 3.8) is 0 Å². The van der Waals surface area contributed by atoms with E-state index in [2.05, 4.69) is 5.10 Å². The normalized spacial score (nSPS) is 10.5. The molecule has 0 unspecified atom stereocenters. The number of hydrogen-bond acceptors (Lipinski definition) is 3. The van der Waals surface area contributed by atoms with E-state index < -0.39 is 0 Å². The maximum Gasteiger partial charge on any atom is 0.288 e. The van der Waals surface area contributed by atoms with Gasteiger partial charge < -0.3 is 9.94 Å². The molecule has 0 saturated carbocycles. The second kappa shape index (κ2) is 4.13. The van der Waals surface area contributed by atoms with Crippen LogP contribution in [0.3, 0.4) is 0 Å². The summed E-state index contributed by atoms with van der Waals surface area (Å²) in [4.78, 5) is 0.535. The lowest BCUT2D eigenvalue weighted by Gasteiger charge is -2.05. The van der Waals surface area contributed by atoms with E-state index in [9.17, 15) is 5.21 Å². The first kappa shape index (κ1) is 9.71. The Morgan fingerprint density at radius 2 is 2.20 bits per heavy atom. The van der Waals surface area contributed by atoms with Crippen LogP contribution in [0.15, 0.2) is 30.5 Å². The third-order valence-corrected chi connectivity index (χ3v) is 2.07. The van der Waals surface area contributed by atoms with E-state index in [1.54, 1.807) is 0 Å². The molecule has 0 aliphatic rings. The Kier molecular flexibility index (Phi) is 2.67. The van der Waals surface area contributed by atoms with Gasteiger partial charge in [-0.05, 0) is 18.6 Å². The molecule has 0 amide bonds. The van der Waals surface area contributed by atoms with E-state index in [-0.39, 0.29) is 0 Å². The molecule has 15 heavy (non-hydrogen) atoms. The van der Waals surface area contributed by atoms with Crippen LogP contribution in [0.5, 0.6) is 5.88 Å². The van der Waals surface area contributed by atoms with Gasteiger partial charge in [0.05, 0.1) is 22.5 Å². The highest BCUT2D eigenvalue weighted by Gasteiger charge is 2.08. The summed E-state index contributed by atoms with van der Waals surface area (Å²) in [7, 11) is 0. The van der Waals surface area contributed by atoms with Crippen molar-refractivity contribution in [1.29, 1.82) is 0 Å². The Balaban J connectivity index is 2.50. The van der Waals surface area contributed by atoms with Crippen LogP contribution in [0.2, 0.25) is 0 Å². The zero-order valence-electron chi connectivity index (χ0n) is 8.51. The van der Waals surface area contributed by atoms with Crippen molar-refractivity contribution in [3.8, 4) is 5.88 Å². The van der Waals surface area contributed by atoms with Crippen molar-refractivity contribution in [2.24, 2.45) is 0 Å². The Labute approximate surface area is 87.7 Å². The van der Waals surface area contributed by atoms with Crippen molar-refractivity contribution >= 4 is 10.8 Å². The van der Waals surface area contributed by atoms with E-state index >= 15 is 0 Å². The first-order valence-electron chi connectivity index (χ1n) is 4.93. The van der Waals surface area contributed by atoms with Gasteiger partial charge in [0.2, 0.25) is 6.20 Å². The molecular formula is C11H12N2O2. The summed E-state index contributed by atoms with van der Waals surface area (Å²) in [5, 5.41) is 16.7. The Bertz CT molecular complexity index is 471. The van der Waals surface area contributed by atoms with Gasteiger partial charge in [-0.2, -0.15) is 0 Å². The second-order valence-corrected chi connectivity index (χ2v) is 3.27. The molecular weight excluding hydrogens is 192 g/mol. The molecule has 0 saturated heterocycles. The predicted molar refractivity (Wildman–Crippen MR) is 56.5 cm³/mol. The average molecular weight is 204 g/mol. The number of nitrogens with zero attached hydrogens (tertiary/aromatic N) is 2. The zero-order valence-corrected chi connectivity index (χ0v) is 8.51. The molecule has 0 aliphatic heterocycles. The highest BCUT2D eigenvalue weighted by molar-refractivity contribution is 5.85. The SMILES string of the molecule is CCCOc1n[n+]([O-])cc2ccccc12. The van der Waals surface area contributed by atoms with Crippen molar-refractivity contribution in [3.05, 3.63) is 35.7 Å². The lowest BCUT2D eigenvalue weighted by atomic mass is 10.2. The minimum Gasteiger partial charge on any atom is -0.594 e. The number of ether oxygens (including phenoxy) is 1. The molecule has 4 nitrogen and oxygen atoms in total. The molecule has 0 atom stereocenters. The van der Waals surface area contributed by atoms with Crippen molar-refractivity contribution < 1.29 is 9.58 Å². The first-order chi connectivity index (χ1) is 7.31. The van der Waals surface area contributed by atoms with E-state index in [0.29, 0.717) is 17.3 Å². The van der Waals surface area contributed by atoms with Gasteiger partial charge in [-0.25, -0.2) is 0 Å². The Hall–Kier alpha value is -1.84. The maximum absolute atomic E-state index is 11.2. The topological polar surface area (TPSA) is 49.1 Å². The molecule has 0 N–H and O–H groups in total. The van der Waals surface area contributed by atoms with Gasteiger partial charge in [-0.3, -0.25) is 0 Å². The quantitative estimate of drug-likeness (QED) is 0.564. The standard InChI is InChI=1S/C11H12N2O2/c1-2-7-15-11-10-6-4-3-5-9(10)8-13(14)12-11/h3-6,8H,2,7H2,1H3. The summed E-state index contributed by atoms with van der Waals surface area (Å²) in [6.07, 6.45) is 2.33. The van der Waals surface area contributed by atoms with Gasteiger partial charge in [-0.15, -0.1) is 0 Å². The second-order valence-electron chi connectivity index (χ2n) is 3.27. The van der Waals surface area contributed by atoms with E-state index in [1.807, 2.05) is 31.2 Å². The fourth-order valence-corrected chi connectivity index (χ4v) is 1.40. The summed E-state index contributed by atoms with van der Waals surface area (Å²) in [5.74, 6) is 0.407. The van der Waals surface area contributed by atoms with Crippen molar-refractivity contribution in [2.75, 3.05) is 6.61 Å².